The van der Waals surface area contributed by atoms with Crippen molar-refractivity contribution in [2.75, 3.05) is 0 Å². The van der Waals surface area contributed by atoms with Crippen LogP contribution in [-0.4, -0.2) is 19.1 Å². The molecule has 10 aromatic carbocycles. The SMILES string of the molecule is c1ccc2nc(-c3ccc4c(c3)oc3ccccc34)c(-c3ccc4ccc(-n5c6ccccc6c6cc7ccc(-n8c9ccccc9c9ccccc98)cc7cc65)cc4c3)nc2c1. The van der Waals surface area contributed by atoms with Gasteiger partial charge < -0.3 is 13.6 Å². The molecule has 0 radical (unpaired) electrons. The highest BCUT2D eigenvalue weighted by Crippen LogP contribution is 2.40. The maximum absolute atomic E-state index is 6.34. The van der Waals surface area contributed by atoms with Crippen molar-refractivity contribution in [2.24, 2.45) is 0 Å². The molecule has 0 aliphatic rings. The first-order valence-electron chi connectivity index (χ1n) is 21.4. The zero-order valence-corrected chi connectivity index (χ0v) is 33.8. The molecule has 5 heteroatoms. The van der Waals surface area contributed by atoms with Crippen molar-refractivity contribution < 1.29 is 4.42 Å². The Morgan fingerprint density at radius 2 is 0.794 bits per heavy atom. The van der Waals surface area contributed by atoms with Crippen molar-refractivity contribution in [2.45, 2.75) is 0 Å². The number of rotatable bonds is 4. The van der Waals surface area contributed by atoms with E-state index in [9.17, 15) is 0 Å². The number of para-hydroxylation sites is 6. The number of hydrogen-bond donors (Lipinski definition) is 0. The fourth-order valence-corrected chi connectivity index (χ4v) is 10.1. The number of fused-ring (bicyclic) bond motifs is 12. The average Bonchev–Trinajstić information content (AvgIpc) is 3.99. The predicted molar refractivity (Wildman–Crippen MR) is 261 cm³/mol. The summed E-state index contributed by atoms with van der Waals surface area (Å²) >= 11 is 0. The molecule has 0 atom stereocenters. The molecule has 0 unspecified atom stereocenters. The number of hydrogen-bond acceptors (Lipinski definition) is 3. The largest absolute Gasteiger partial charge is 0.456 e. The summed E-state index contributed by atoms with van der Waals surface area (Å²) < 4.78 is 11.2. The lowest BCUT2D eigenvalue weighted by Crippen LogP contribution is -1.96. The van der Waals surface area contributed by atoms with Gasteiger partial charge in [0.15, 0.2) is 0 Å². The Kier molecular flexibility index (Phi) is 7.05. The van der Waals surface area contributed by atoms with E-state index in [4.69, 9.17) is 14.4 Å². The fraction of sp³-hybridized carbons (Fsp3) is 0. The molecule has 5 nitrogen and oxygen atoms in total. The van der Waals surface area contributed by atoms with Gasteiger partial charge >= 0.3 is 0 Å². The summed E-state index contributed by atoms with van der Waals surface area (Å²) in [4.78, 5) is 10.5. The maximum atomic E-state index is 6.34. The third kappa shape index (κ3) is 5.11. The zero-order valence-electron chi connectivity index (χ0n) is 33.8. The molecule has 0 fully saturated rings. The highest BCUT2D eigenvalue weighted by Gasteiger charge is 2.19. The molecule has 0 amide bonds. The topological polar surface area (TPSA) is 48.8 Å². The predicted octanol–water partition coefficient (Wildman–Crippen LogP) is 15.4. The molecule has 14 rings (SSSR count). The molecular weight excluding hydrogens is 769 g/mol. The molecule has 0 bridgehead atoms. The number of aromatic nitrogens is 4. The maximum Gasteiger partial charge on any atom is 0.136 e. The monoisotopic (exact) mass is 802 g/mol. The summed E-state index contributed by atoms with van der Waals surface area (Å²) in [5.74, 6) is 0. The molecule has 0 saturated carbocycles. The van der Waals surface area contributed by atoms with E-state index in [0.717, 1.165) is 77.6 Å². The van der Waals surface area contributed by atoms with Crippen LogP contribution in [0, 0.1) is 0 Å². The van der Waals surface area contributed by atoms with Crippen LogP contribution in [0.3, 0.4) is 0 Å². The van der Waals surface area contributed by atoms with E-state index < -0.39 is 0 Å². The third-order valence-corrected chi connectivity index (χ3v) is 13.0. The molecule has 0 N–H and O–H groups in total. The van der Waals surface area contributed by atoms with Gasteiger partial charge in [0.2, 0.25) is 0 Å². The van der Waals surface area contributed by atoms with Crippen LogP contribution >= 0.6 is 0 Å². The molecule has 0 spiro atoms. The van der Waals surface area contributed by atoms with Crippen molar-refractivity contribution in [3.05, 3.63) is 206 Å². The molecule has 0 aliphatic heterocycles. The van der Waals surface area contributed by atoms with Crippen LogP contribution in [0.5, 0.6) is 0 Å². The van der Waals surface area contributed by atoms with Crippen LogP contribution in [0.4, 0.5) is 0 Å². The number of furan rings is 1. The van der Waals surface area contributed by atoms with Crippen LogP contribution in [0.25, 0.3) is 132 Å². The Hall–Kier alpha value is -8.54. The van der Waals surface area contributed by atoms with Gasteiger partial charge in [-0.3, -0.25) is 0 Å². The molecule has 0 aliphatic carbocycles. The van der Waals surface area contributed by atoms with Gasteiger partial charge in [0.25, 0.3) is 0 Å². The molecule has 14 aromatic rings. The quantitative estimate of drug-likeness (QED) is 0.178. The highest BCUT2D eigenvalue weighted by molar-refractivity contribution is 6.15. The van der Waals surface area contributed by atoms with E-state index in [1.54, 1.807) is 0 Å². The van der Waals surface area contributed by atoms with Crippen molar-refractivity contribution >= 4 is 98.1 Å². The Labute approximate surface area is 360 Å². The lowest BCUT2D eigenvalue weighted by atomic mass is 9.99. The van der Waals surface area contributed by atoms with Gasteiger partial charge in [-0.2, -0.15) is 0 Å². The first-order chi connectivity index (χ1) is 31.2. The summed E-state index contributed by atoms with van der Waals surface area (Å²) in [6, 6.07) is 73.9. The van der Waals surface area contributed by atoms with Crippen LogP contribution in [0.15, 0.2) is 211 Å². The molecule has 63 heavy (non-hydrogen) atoms. The second-order valence-electron chi connectivity index (χ2n) is 16.6. The lowest BCUT2D eigenvalue weighted by molar-refractivity contribution is 0.669. The smallest absolute Gasteiger partial charge is 0.136 e. The summed E-state index contributed by atoms with van der Waals surface area (Å²) in [7, 11) is 0. The first-order valence-corrected chi connectivity index (χ1v) is 21.4. The van der Waals surface area contributed by atoms with E-state index in [1.807, 2.05) is 36.4 Å². The van der Waals surface area contributed by atoms with Crippen LogP contribution in [-0.2, 0) is 0 Å². The minimum absolute atomic E-state index is 0.820. The van der Waals surface area contributed by atoms with Crippen molar-refractivity contribution in [3.63, 3.8) is 0 Å². The Morgan fingerprint density at radius 3 is 1.48 bits per heavy atom. The van der Waals surface area contributed by atoms with E-state index in [1.165, 1.54) is 54.4 Å². The Balaban J connectivity index is 0.944. The molecule has 4 aromatic heterocycles. The molecule has 292 valence electrons. The Morgan fingerprint density at radius 1 is 0.302 bits per heavy atom. The standard InChI is InChI=1S/C58H34N4O/c1-7-17-51-43(11-1)44-12-2-8-18-52(44)61(51)41-27-24-36-32-48-45-13-3-9-19-53(45)62(54(48)33-40(36)31-41)42-26-23-35-21-22-37(29-39(35)30-42)57-58(60-50-16-6-5-15-49(50)59-57)38-25-28-47-46-14-4-10-20-55(46)63-56(47)34-38/h1-34H. The van der Waals surface area contributed by atoms with Crippen molar-refractivity contribution in [1.29, 1.82) is 0 Å². The third-order valence-electron chi connectivity index (χ3n) is 13.0. The minimum atomic E-state index is 0.820. The summed E-state index contributed by atoms with van der Waals surface area (Å²) in [5, 5.41) is 11.9. The first kappa shape index (κ1) is 34.2. The summed E-state index contributed by atoms with van der Waals surface area (Å²) in [6.45, 7) is 0. The molecular formula is C58H34N4O. The molecule has 0 saturated heterocycles. The van der Waals surface area contributed by atoms with Crippen molar-refractivity contribution in [1.82, 2.24) is 19.1 Å². The van der Waals surface area contributed by atoms with Gasteiger partial charge in [0.1, 0.15) is 11.2 Å². The normalized spacial score (nSPS) is 12.1. The van der Waals surface area contributed by atoms with Gasteiger partial charge in [0, 0.05) is 54.8 Å². The zero-order chi connectivity index (χ0) is 41.2. The number of nitrogens with zero attached hydrogens (tertiary/aromatic N) is 4. The van der Waals surface area contributed by atoms with E-state index in [-0.39, 0.29) is 0 Å². The van der Waals surface area contributed by atoms with E-state index >= 15 is 0 Å². The molecule has 4 heterocycles. The van der Waals surface area contributed by atoms with Crippen molar-refractivity contribution in [3.8, 4) is 33.9 Å². The Bertz CT molecular complexity index is 4170. The van der Waals surface area contributed by atoms with E-state index in [0.29, 0.717) is 0 Å². The number of benzene rings is 10. The minimum Gasteiger partial charge on any atom is -0.456 e. The summed E-state index contributed by atoms with van der Waals surface area (Å²) in [6.07, 6.45) is 0. The van der Waals surface area contributed by atoms with Gasteiger partial charge in [0.05, 0.1) is 44.5 Å². The second kappa shape index (κ2) is 13.0. The van der Waals surface area contributed by atoms with Crippen LogP contribution < -0.4 is 0 Å². The van der Waals surface area contributed by atoms with Gasteiger partial charge in [-0.05, 0) is 113 Å². The van der Waals surface area contributed by atoms with Crippen LogP contribution in [0.1, 0.15) is 0 Å². The fourth-order valence-electron chi connectivity index (χ4n) is 10.1. The van der Waals surface area contributed by atoms with Gasteiger partial charge in [-0.25, -0.2) is 9.97 Å². The second-order valence-corrected chi connectivity index (χ2v) is 16.6. The lowest BCUT2D eigenvalue weighted by Gasteiger charge is -2.13. The highest BCUT2D eigenvalue weighted by atomic mass is 16.3. The summed E-state index contributed by atoms with van der Waals surface area (Å²) in [5.41, 5.74) is 14.0. The van der Waals surface area contributed by atoms with Crippen LogP contribution in [0.2, 0.25) is 0 Å². The van der Waals surface area contributed by atoms with Gasteiger partial charge in [-0.15, -0.1) is 0 Å². The average molecular weight is 803 g/mol. The van der Waals surface area contributed by atoms with E-state index in [2.05, 4.69) is 179 Å². The van der Waals surface area contributed by atoms with Gasteiger partial charge in [-0.1, -0.05) is 115 Å².